The average molecular weight is 375 g/mol. The SMILES string of the molecule is O=C(NCCOc1ccc(OCC(F)(F)F)cc1)c1c(F)cccc1F. The molecule has 2 aromatic rings. The summed E-state index contributed by atoms with van der Waals surface area (Å²) in [6.07, 6.45) is -4.43. The molecule has 26 heavy (non-hydrogen) atoms. The van der Waals surface area contributed by atoms with Gasteiger partial charge in [0.1, 0.15) is 35.3 Å². The first-order chi connectivity index (χ1) is 12.3. The molecule has 1 amide bonds. The minimum Gasteiger partial charge on any atom is -0.492 e. The highest BCUT2D eigenvalue weighted by atomic mass is 19.4. The number of hydrogen-bond acceptors (Lipinski definition) is 3. The molecule has 0 fully saturated rings. The van der Waals surface area contributed by atoms with E-state index in [1.54, 1.807) is 0 Å². The van der Waals surface area contributed by atoms with E-state index in [-0.39, 0.29) is 18.9 Å². The van der Waals surface area contributed by atoms with Crippen LogP contribution in [0.1, 0.15) is 10.4 Å². The molecule has 0 bridgehead atoms. The highest BCUT2D eigenvalue weighted by Gasteiger charge is 2.28. The summed E-state index contributed by atoms with van der Waals surface area (Å²) >= 11 is 0. The van der Waals surface area contributed by atoms with Crippen LogP contribution in [0.5, 0.6) is 11.5 Å². The lowest BCUT2D eigenvalue weighted by atomic mass is 10.2. The number of carbonyl (C=O) groups excluding carboxylic acids is 1. The molecule has 0 radical (unpaired) electrons. The number of hydrogen-bond donors (Lipinski definition) is 1. The van der Waals surface area contributed by atoms with Crippen LogP contribution in [-0.4, -0.2) is 31.8 Å². The lowest BCUT2D eigenvalue weighted by Gasteiger charge is -2.11. The van der Waals surface area contributed by atoms with Crippen molar-refractivity contribution >= 4 is 5.91 Å². The van der Waals surface area contributed by atoms with Gasteiger partial charge in [0.25, 0.3) is 5.91 Å². The zero-order chi connectivity index (χ0) is 19.2. The maximum atomic E-state index is 13.4. The Bertz CT molecular complexity index is 727. The van der Waals surface area contributed by atoms with E-state index < -0.39 is 35.9 Å². The third-order valence-electron chi connectivity index (χ3n) is 3.07. The molecule has 140 valence electrons. The number of ether oxygens (including phenoxy) is 2. The van der Waals surface area contributed by atoms with Crippen molar-refractivity contribution in [2.24, 2.45) is 0 Å². The summed E-state index contributed by atoms with van der Waals surface area (Å²) in [5.41, 5.74) is -0.682. The highest BCUT2D eigenvalue weighted by Crippen LogP contribution is 2.21. The second kappa shape index (κ2) is 8.50. The Morgan fingerprint density at radius 1 is 0.923 bits per heavy atom. The van der Waals surface area contributed by atoms with Crippen LogP contribution in [0.25, 0.3) is 0 Å². The minimum absolute atomic E-state index is 0.00936. The molecule has 0 aromatic heterocycles. The molecule has 2 rings (SSSR count). The van der Waals surface area contributed by atoms with E-state index in [9.17, 15) is 26.7 Å². The van der Waals surface area contributed by atoms with Gasteiger partial charge in [-0.3, -0.25) is 4.79 Å². The number of benzene rings is 2. The second-order valence-corrected chi connectivity index (χ2v) is 5.08. The number of rotatable bonds is 7. The molecule has 0 unspecified atom stereocenters. The van der Waals surface area contributed by atoms with Crippen molar-refractivity contribution in [3.8, 4) is 11.5 Å². The molecule has 9 heteroatoms. The predicted molar refractivity (Wildman–Crippen MR) is 82.2 cm³/mol. The number of amides is 1. The molecule has 1 N–H and O–H groups in total. The van der Waals surface area contributed by atoms with Crippen molar-refractivity contribution in [3.05, 3.63) is 59.7 Å². The minimum atomic E-state index is -4.43. The van der Waals surface area contributed by atoms with Gasteiger partial charge >= 0.3 is 6.18 Å². The van der Waals surface area contributed by atoms with Crippen LogP contribution in [0.2, 0.25) is 0 Å². The Morgan fingerprint density at radius 2 is 1.46 bits per heavy atom. The molecule has 0 spiro atoms. The maximum absolute atomic E-state index is 13.4. The molecule has 0 saturated heterocycles. The second-order valence-electron chi connectivity index (χ2n) is 5.08. The first kappa shape index (κ1) is 19.5. The van der Waals surface area contributed by atoms with Crippen LogP contribution in [-0.2, 0) is 0 Å². The Labute approximate surface area is 145 Å². The molecule has 0 aliphatic heterocycles. The molecular weight excluding hydrogens is 361 g/mol. The van der Waals surface area contributed by atoms with Crippen LogP contribution in [0.3, 0.4) is 0 Å². The van der Waals surface area contributed by atoms with Crippen LogP contribution in [0, 0.1) is 11.6 Å². The van der Waals surface area contributed by atoms with Crippen molar-refractivity contribution in [1.29, 1.82) is 0 Å². The monoisotopic (exact) mass is 375 g/mol. The van der Waals surface area contributed by atoms with Crippen LogP contribution in [0.15, 0.2) is 42.5 Å². The molecule has 0 aliphatic carbocycles. The number of alkyl halides is 3. The molecule has 0 atom stereocenters. The number of carbonyl (C=O) groups is 1. The van der Waals surface area contributed by atoms with E-state index in [0.717, 1.165) is 18.2 Å². The molecule has 0 saturated carbocycles. The van der Waals surface area contributed by atoms with E-state index in [0.29, 0.717) is 5.75 Å². The van der Waals surface area contributed by atoms with E-state index in [4.69, 9.17) is 4.74 Å². The maximum Gasteiger partial charge on any atom is 0.422 e. The smallest absolute Gasteiger partial charge is 0.422 e. The quantitative estimate of drug-likeness (QED) is 0.593. The van der Waals surface area contributed by atoms with Crippen molar-refractivity contribution in [1.82, 2.24) is 5.32 Å². The van der Waals surface area contributed by atoms with Gasteiger partial charge < -0.3 is 14.8 Å². The third-order valence-corrected chi connectivity index (χ3v) is 3.07. The topological polar surface area (TPSA) is 47.6 Å². The summed E-state index contributed by atoms with van der Waals surface area (Å²) in [6.45, 7) is -1.44. The van der Waals surface area contributed by atoms with E-state index in [1.165, 1.54) is 24.3 Å². The summed E-state index contributed by atoms with van der Waals surface area (Å²) in [5, 5.41) is 2.31. The fraction of sp³-hybridized carbons (Fsp3) is 0.235. The van der Waals surface area contributed by atoms with E-state index >= 15 is 0 Å². The number of nitrogens with one attached hydrogen (secondary N) is 1. The van der Waals surface area contributed by atoms with Gasteiger partial charge in [-0.05, 0) is 36.4 Å². The predicted octanol–water partition coefficient (Wildman–Crippen LogP) is 3.71. The van der Waals surface area contributed by atoms with Crippen LogP contribution in [0.4, 0.5) is 22.0 Å². The molecule has 0 heterocycles. The summed E-state index contributed by atoms with van der Waals surface area (Å²) in [7, 11) is 0. The highest BCUT2D eigenvalue weighted by molar-refractivity contribution is 5.94. The zero-order valence-corrected chi connectivity index (χ0v) is 13.3. The van der Waals surface area contributed by atoms with Crippen LogP contribution >= 0.6 is 0 Å². The third kappa shape index (κ3) is 5.91. The van der Waals surface area contributed by atoms with Gasteiger partial charge in [0, 0.05) is 0 Å². The van der Waals surface area contributed by atoms with Gasteiger partial charge in [0.05, 0.1) is 6.54 Å². The Balaban J connectivity index is 1.77. The van der Waals surface area contributed by atoms with E-state index in [1.807, 2.05) is 0 Å². The first-order valence-electron chi connectivity index (χ1n) is 7.41. The lowest BCUT2D eigenvalue weighted by Crippen LogP contribution is -2.29. The van der Waals surface area contributed by atoms with Gasteiger partial charge in [0.15, 0.2) is 6.61 Å². The summed E-state index contributed by atoms with van der Waals surface area (Å²) in [6, 6.07) is 8.47. The van der Waals surface area contributed by atoms with Gasteiger partial charge in [-0.2, -0.15) is 13.2 Å². The molecular formula is C17H14F5NO3. The van der Waals surface area contributed by atoms with Gasteiger partial charge in [-0.25, -0.2) is 8.78 Å². The molecule has 0 aliphatic rings. The standard InChI is InChI=1S/C17H14F5NO3/c18-13-2-1-3-14(19)15(13)16(24)23-8-9-25-11-4-6-12(7-5-11)26-10-17(20,21)22/h1-7H,8-10H2,(H,23,24). The Morgan fingerprint density at radius 3 is 2.00 bits per heavy atom. The van der Waals surface area contributed by atoms with Crippen molar-refractivity contribution < 1.29 is 36.2 Å². The molecule has 2 aromatic carbocycles. The van der Waals surface area contributed by atoms with Gasteiger partial charge in [0.2, 0.25) is 0 Å². The van der Waals surface area contributed by atoms with Crippen molar-refractivity contribution in [2.75, 3.05) is 19.8 Å². The fourth-order valence-corrected chi connectivity index (χ4v) is 1.93. The summed E-state index contributed by atoms with van der Waals surface area (Å²) in [4.78, 5) is 11.7. The van der Waals surface area contributed by atoms with Crippen LogP contribution < -0.4 is 14.8 Å². The zero-order valence-electron chi connectivity index (χ0n) is 13.3. The number of halogens is 5. The Hall–Kier alpha value is -2.84. The van der Waals surface area contributed by atoms with Gasteiger partial charge in [-0.15, -0.1) is 0 Å². The lowest BCUT2D eigenvalue weighted by molar-refractivity contribution is -0.153. The first-order valence-corrected chi connectivity index (χ1v) is 7.41. The fourth-order valence-electron chi connectivity index (χ4n) is 1.93. The summed E-state index contributed by atoms with van der Waals surface area (Å²) in [5.74, 6) is -2.51. The average Bonchev–Trinajstić information content (AvgIpc) is 2.57. The molecule has 4 nitrogen and oxygen atoms in total. The normalized spacial score (nSPS) is 11.1. The van der Waals surface area contributed by atoms with Crippen molar-refractivity contribution in [2.45, 2.75) is 6.18 Å². The van der Waals surface area contributed by atoms with Crippen molar-refractivity contribution in [3.63, 3.8) is 0 Å². The largest absolute Gasteiger partial charge is 0.492 e. The Kier molecular flexibility index (Phi) is 6.37. The summed E-state index contributed by atoms with van der Waals surface area (Å²) < 4.78 is 72.8. The van der Waals surface area contributed by atoms with Gasteiger partial charge in [-0.1, -0.05) is 6.07 Å². The van der Waals surface area contributed by atoms with E-state index in [2.05, 4.69) is 10.1 Å².